The molecule has 3 aromatic rings. The second-order valence-corrected chi connectivity index (χ2v) is 8.30. The molecular weight excluding hydrogens is 390 g/mol. The predicted molar refractivity (Wildman–Crippen MR) is 99.4 cm³/mol. The number of hydrogen-bond donors (Lipinski definition) is 0. The maximum absolute atomic E-state index is 12.8. The zero-order valence-corrected chi connectivity index (χ0v) is 15.8. The number of anilines is 1. The van der Waals surface area contributed by atoms with Crippen LogP contribution in [0, 0.1) is 0 Å². The number of piperazine rings is 1. The van der Waals surface area contributed by atoms with Crippen LogP contribution >= 0.6 is 11.6 Å². The summed E-state index contributed by atoms with van der Waals surface area (Å²) in [4.78, 5) is 14.6. The first-order valence-corrected chi connectivity index (χ1v) is 10.0. The molecule has 0 atom stereocenters. The lowest BCUT2D eigenvalue weighted by Gasteiger charge is -2.34. The summed E-state index contributed by atoms with van der Waals surface area (Å²) >= 11 is 5.93. The van der Waals surface area contributed by atoms with Gasteiger partial charge in [-0.05, 0) is 18.2 Å². The maximum atomic E-state index is 12.8. The zero-order valence-electron chi connectivity index (χ0n) is 14.2. The molecule has 11 heteroatoms. The van der Waals surface area contributed by atoms with E-state index >= 15 is 0 Å². The molecule has 140 valence electrons. The van der Waals surface area contributed by atoms with Gasteiger partial charge in [0, 0.05) is 37.3 Å². The Balaban J connectivity index is 1.49. The Morgan fingerprint density at radius 3 is 2.44 bits per heavy atom. The number of rotatable bonds is 4. The van der Waals surface area contributed by atoms with E-state index in [0.717, 1.165) is 5.82 Å². The van der Waals surface area contributed by atoms with Crippen LogP contribution in [0.5, 0.6) is 0 Å². The molecule has 1 fully saturated rings. The highest BCUT2D eigenvalue weighted by Crippen LogP contribution is 2.22. The minimum absolute atomic E-state index is 0.207. The minimum Gasteiger partial charge on any atom is -0.354 e. The molecule has 0 spiro atoms. The maximum Gasteiger partial charge on any atom is 0.243 e. The molecule has 0 radical (unpaired) electrons. The Bertz CT molecular complexity index is 1030. The SMILES string of the molecule is O=S(=O)(c1cccc(Cl)c1)N1CCN(c2cc(-n3cncn3)ncn2)CC1. The van der Waals surface area contributed by atoms with E-state index in [-0.39, 0.29) is 4.90 Å². The molecule has 9 nitrogen and oxygen atoms in total. The molecule has 3 heterocycles. The van der Waals surface area contributed by atoms with Gasteiger partial charge in [0.05, 0.1) is 4.90 Å². The predicted octanol–water partition coefficient (Wildman–Crippen LogP) is 1.22. The van der Waals surface area contributed by atoms with Crippen LogP contribution in [-0.4, -0.2) is 63.6 Å². The molecule has 0 aliphatic carbocycles. The van der Waals surface area contributed by atoms with Crippen LogP contribution in [0.4, 0.5) is 5.82 Å². The van der Waals surface area contributed by atoms with Gasteiger partial charge in [0.1, 0.15) is 24.8 Å². The van der Waals surface area contributed by atoms with Crippen molar-refractivity contribution in [3.8, 4) is 5.82 Å². The zero-order chi connectivity index (χ0) is 18.9. The van der Waals surface area contributed by atoms with Gasteiger partial charge in [0.15, 0.2) is 5.82 Å². The molecule has 27 heavy (non-hydrogen) atoms. The Labute approximate surface area is 161 Å². The molecule has 1 aliphatic heterocycles. The van der Waals surface area contributed by atoms with Crippen LogP contribution < -0.4 is 4.90 Å². The van der Waals surface area contributed by atoms with Crippen molar-refractivity contribution in [1.29, 1.82) is 0 Å². The van der Waals surface area contributed by atoms with E-state index in [1.165, 1.54) is 23.0 Å². The Morgan fingerprint density at radius 1 is 0.963 bits per heavy atom. The second kappa shape index (κ2) is 7.22. The lowest BCUT2D eigenvalue weighted by Crippen LogP contribution is -2.48. The number of nitrogens with zero attached hydrogens (tertiary/aromatic N) is 7. The van der Waals surface area contributed by atoms with E-state index in [1.54, 1.807) is 35.3 Å². The lowest BCUT2D eigenvalue weighted by molar-refractivity contribution is 0.383. The van der Waals surface area contributed by atoms with Crippen LogP contribution in [0.1, 0.15) is 0 Å². The van der Waals surface area contributed by atoms with Crippen molar-refractivity contribution < 1.29 is 8.42 Å². The topological polar surface area (TPSA) is 97.1 Å². The van der Waals surface area contributed by atoms with E-state index in [0.29, 0.717) is 37.0 Å². The van der Waals surface area contributed by atoms with Crippen LogP contribution in [-0.2, 0) is 10.0 Å². The van der Waals surface area contributed by atoms with E-state index in [1.807, 2.05) is 4.90 Å². The van der Waals surface area contributed by atoms with Crippen molar-refractivity contribution in [2.75, 3.05) is 31.1 Å². The number of hydrogen-bond acceptors (Lipinski definition) is 7. The van der Waals surface area contributed by atoms with Gasteiger partial charge < -0.3 is 4.90 Å². The normalized spacial score (nSPS) is 15.8. The van der Waals surface area contributed by atoms with Crippen molar-refractivity contribution in [2.45, 2.75) is 4.90 Å². The average molecular weight is 406 g/mol. The van der Waals surface area contributed by atoms with Crippen LogP contribution in [0.3, 0.4) is 0 Å². The molecule has 1 saturated heterocycles. The van der Waals surface area contributed by atoms with E-state index in [4.69, 9.17) is 11.6 Å². The van der Waals surface area contributed by atoms with E-state index in [9.17, 15) is 8.42 Å². The van der Waals surface area contributed by atoms with Crippen molar-refractivity contribution in [1.82, 2.24) is 29.0 Å². The third kappa shape index (κ3) is 3.64. The fourth-order valence-electron chi connectivity index (χ4n) is 2.90. The van der Waals surface area contributed by atoms with Gasteiger partial charge in [-0.2, -0.15) is 9.40 Å². The Kier molecular flexibility index (Phi) is 4.77. The Morgan fingerprint density at radius 2 is 1.74 bits per heavy atom. The van der Waals surface area contributed by atoms with Crippen molar-refractivity contribution in [3.63, 3.8) is 0 Å². The molecule has 1 aliphatic rings. The molecule has 0 amide bonds. The molecular formula is C16H16ClN7O2S. The summed E-state index contributed by atoms with van der Waals surface area (Å²) in [6.45, 7) is 1.76. The molecule has 1 aromatic carbocycles. The van der Waals surface area contributed by atoms with Crippen LogP contribution in [0.2, 0.25) is 5.02 Å². The fourth-order valence-corrected chi connectivity index (χ4v) is 4.62. The second-order valence-electron chi connectivity index (χ2n) is 5.92. The molecule has 0 bridgehead atoms. The molecule has 0 saturated carbocycles. The third-order valence-corrected chi connectivity index (χ3v) is 6.42. The van der Waals surface area contributed by atoms with Gasteiger partial charge in [-0.3, -0.25) is 0 Å². The lowest BCUT2D eigenvalue weighted by atomic mass is 10.3. The van der Waals surface area contributed by atoms with Crippen molar-refractivity contribution in [3.05, 3.63) is 54.3 Å². The van der Waals surface area contributed by atoms with E-state index < -0.39 is 10.0 Å². The summed E-state index contributed by atoms with van der Waals surface area (Å²) in [5.74, 6) is 1.32. The smallest absolute Gasteiger partial charge is 0.243 e. The number of aromatic nitrogens is 5. The summed E-state index contributed by atoms with van der Waals surface area (Å²) in [6.07, 6.45) is 4.45. The van der Waals surface area contributed by atoms with Crippen LogP contribution in [0.15, 0.2) is 54.2 Å². The summed E-state index contributed by atoms with van der Waals surface area (Å²) in [5.41, 5.74) is 0. The monoisotopic (exact) mass is 405 g/mol. The number of benzene rings is 1. The van der Waals surface area contributed by atoms with Gasteiger partial charge in [-0.15, -0.1) is 0 Å². The van der Waals surface area contributed by atoms with Gasteiger partial charge >= 0.3 is 0 Å². The van der Waals surface area contributed by atoms with E-state index in [2.05, 4.69) is 20.1 Å². The molecule has 2 aromatic heterocycles. The van der Waals surface area contributed by atoms with Gasteiger partial charge in [0.2, 0.25) is 10.0 Å². The summed E-state index contributed by atoms with van der Waals surface area (Å²) in [6, 6.07) is 8.12. The highest BCUT2D eigenvalue weighted by atomic mass is 35.5. The third-order valence-electron chi connectivity index (χ3n) is 4.29. The first kappa shape index (κ1) is 17.8. The summed E-state index contributed by atoms with van der Waals surface area (Å²) < 4.78 is 28.6. The average Bonchev–Trinajstić information content (AvgIpc) is 3.23. The summed E-state index contributed by atoms with van der Waals surface area (Å²) in [5, 5.41) is 4.46. The van der Waals surface area contributed by atoms with Gasteiger partial charge in [-0.25, -0.2) is 28.1 Å². The van der Waals surface area contributed by atoms with Crippen molar-refractivity contribution in [2.24, 2.45) is 0 Å². The highest BCUT2D eigenvalue weighted by Gasteiger charge is 2.29. The molecule has 0 N–H and O–H groups in total. The first-order valence-electron chi connectivity index (χ1n) is 8.22. The van der Waals surface area contributed by atoms with Crippen LogP contribution in [0.25, 0.3) is 5.82 Å². The standard InChI is InChI=1S/C16H16ClN7O2S/c17-13-2-1-3-14(8-13)27(25,26)23-6-4-22(5-7-23)15-9-16(20-11-19-15)24-12-18-10-21-24/h1-3,8-12H,4-7H2. The van der Waals surface area contributed by atoms with Crippen molar-refractivity contribution >= 4 is 27.4 Å². The Hall–Kier alpha value is -2.56. The number of sulfonamides is 1. The first-order chi connectivity index (χ1) is 13.0. The van der Waals surface area contributed by atoms with Gasteiger partial charge in [0.25, 0.3) is 0 Å². The van der Waals surface area contributed by atoms with Gasteiger partial charge in [-0.1, -0.05) is 17.7 Å². The molecule has 4 rings (SSSR count). The fraction of sp³-hybridized carbons (Fsp3) is 0.250. The minimum atomic E-state index is -3.57. The number of halogens is 1. The summed E-state index contributed by atoms with van der Waals surface area (Å²) in [7, 11) is -3.57. The highest BCUT2D eigenvalue weighted by molar-refractivity contribution is 7.89. The quantitative estimate of drug-likeness (QED) is 0.643. The largest absolute Gasteiger partial charge is 0.354 e. The molecule has 0 unspecified atom stereocenters.